The molecule has 5 nitrogen and oxygen atoms in total. The van der Waals surface area contributed by atoms with Gasteiger partial charge in [0.2, 0.25) is 0 Å². The maximum atomic E-state index is 12.2. The first-order valence-electron chi connectivity index (χ1n) is 7.89. The number of benzene rings is 2. The highest BCUT2D eigenvalue weighted by Crippen LogP contribution is 2.20. The number of para-hydroxylation sites is 1. The molecular weight excluding hydrogens is 314 g/mol. The van der Waals surface area contributed by atoms with Crippen molar-refractivity contribution in [1.29, 1.82) is 0 Å². The summed E-state index contributed by atoms with van der Waals surface area (Å²) in [6, 6.07) is 15.0. The van der Waals surface area contributed by atoms with Crippen LogP contribution in [0.5, 0.6) is 5.75 Å². The molecule has 0 bridgehead atoms. The molecule has 1 aromatic heterocycles. The fraction of sp³-hybridized carbons (Fsp3) is 0.100. The van der Waals surface area contributed by atoms with Crippen LogP contribution in [0.3, 0.4) is 0 Å². The molecule has 1 heterocycles. The van der Waals surface area contributed by atoms with Crippen LogP contribution in [0.15, 0.2) is 72.5 Å². The fourth-order valence-electron chi connectivity index (χ4n) is 2.66. The molecule has 0 atom stereocenters. The minimum Gasteiger partial charge on any atom is -0.497 e. The number of amides is 1. The zero-order valence-corrected chi connectivity index (χ0v) is 14.0. The average Bonchev–Trinajstić information content (AvgIpc) is 3.00. The first-order chi connectivity index (χ1) is 12.2. The van der Waals surface area contributed by atoms with Gasteiger partial charge < -0.3 is 9.30 Å². The van der Waals surface area contributed by atoms with Gasteiger partial charge in [-0.05, 0) is 24.3 Å². The third-order valence-electron chi connectivity index (χ3n) is 3.85. The Morgan fingerprint density at radius 1 is 1.28 bits per heavy atom. The second-order valence-electron chi connectivity index (χ2n) is 5.47. The Hall–Kier alpha value is -3.34. The number of nitrogens with zero attached hydrogens (tertiary/aromatic N) is 2. The molecule has 1 N–H and O–H groups in total. The predicted octanol–water partition coefficient (Wildman–Crippen LogP) is 3.60. The van der Waals surface area contributed by atoms with Gasteiger partial charge in [0.15, 0.2) is 0 Å². The maximum absolute atomic E-state index is 12.2. The molecule has 2 aromatic carbocycles. The zero-order valence-electron chi connectivity index (χ0n) is 14.0. The Morgan fingerprint density at radius 2 is 2.12 bits per heavy atom. The number of allylic oxidation sites excluding steroid dienone is 1. The van der Waals surface area contributed by atoms with Crippen molar-refractivity contribution in [3.63, 3.8) is 0 Å². The van der Waals surface area contributed by atoms with Crippen molar-refractivity contribution in [3.8, 4) is 5.75 Å². The van der Waals surface area contributed by atoms with Gasteiger partial charge in [-0.25, -0.2) is 5.43 Å². The molecule has 25 heavy (non-hydrogen) atoms. The van der Waals surface area contributed by atoms with E-state index < -0.39 is 0 Å². The van der Waals surface area contributed by atoms with Gasteiger partial charge in [-0.15, -0.1) is 6.58 Å². The molecule has 126 valence electrons. The molecule has 1 amide bonds. The third kappa shape index (κ3) is 3.61. The number of carbonyl (C=O) groups excluding carboxylic acids is 1. The molecule has 0 aliphatic rings. The molecular formula is C20H19N3O2. The second-order valence-corrected chi connectivity index (χ2v) is 5.47. The Morgan fingerprint density at radius 3 is 2.92 bits per heavy atom. The van der Waals surface area contributed by atoms with Crippen molar-refractivity contribution in [2.75, 3.05) is 7.11 Å². The van der Waals surface area contributed by atoms with Gasteiger partial charge >= 0.3 is 0 Å². The van der Waals surface area contributed by atoms with E-state index in [4.69, 9.17) is 4.74 Å². The number of aromatic nitrogens is 1. The van der Waals surface area contributed by atoms with Crippen molar-refractivity contribution >= 4 is 23.0 Å². The van der Waals surface area contributed by atoms with Crippen LogP contribution in [0.2, 0.25) is 0 Å². The maximum Gasteiger partial charge on any atom is 0.271 e. The quantitative estimate of drug-likeness (QED) is 0.426. The van der Waals surface area contributed by atoms with Gasteiger partial charge in [0.1, 0.15) is 5.75 Å². The molecule has 5 heteroatoms. The van der Waals surface area contributed by atoms with E-state index in [1.54, 1.807) is 37.6 Å². The number of ether oxygens (including phenoxy) is 1. The van der Waals surface area contributed by atoms with Crippen molar-refractivity contribution in [3.05, 3.63) is 78.5 Å². The zero-order chi connectivity index (χ0) is 17.6. The first-order valence-corrected chi connectivity index (χ1v) is 7.89. The molecule has 0 unspecified atom stereocenters. The lowest BCUT2D eigenvalue weighted by atomic mass is 10.2. The Labute approximate surface area is 146 Å². The number of nitrogens with one attached hydrogen (secondary N) is 1. The number of methoxy groups -OCH3 is 1. The summed E-state index contributed by atoms with van der Waals surface area (Å²) in [6.45, 7) is 4.50. The Kier molecular flexibility index (Phi) is 4.95. The molecule has 0 saturated carbocycles. The lowest BCUT2D eigenvalue weighted by Gasteiger charge is -2.02. The average molecular weight is 333 g/mol. The minimum atomic E-state index is -0.287. The van der Waals surface area contributed by atoms with Crippen LogP contribution in [-0.4, -0.2) is 23.8 Å². The molecule has 3 aromatic rings. The number of rotatable bonds is 6. The standard InChI is InChI=1S/C20H19N3O2/c1-3-11-23-14-16(18-9-4-5-10-19(18)23)13-21-22-20(24)15-7-6-8-17(12-15)25-2/h3-10,12-14H,1,11H2,2H3,(H,22,24)/b21-13-. The summed E-state index contributed by atoms with van der Waals surface area (Å²) in [5, 5.41) is 5.17. The van der Waals surface area contributed by atoms with Crippen LogP contribution in [0.25, 0.3) is 10.9 Å². The van der Waals surface area contributed by atoms with E-state index in [0.717, 1.165) is 16.5 Å². The van der Waals surface area contributed by atoms with Gasteiger partial charge in [-0.2, -0.15) is 5.10 Å². The van der Waals surface area contributed by atoms with Gasteiger partial charge in [0.25, 0.3) is 5.91 Å². The molecule has 0 fully saturated rings. The van der Waals surface area contributed by atoms with Crippen LogP contribution in [-0.2, 0) is 6.54 Å². The topological polar surface area (TPSA) is 55.6 Å². The number of fused-ring (bicyclic) bond motifs is 1. The Balaban J connectivity index is 1.79. The van der Waals surface area contributed by atoms with Crippen molar-refractivity contribution in [2.45, 2.75) is 6.54 Å². The van der Waals surface area contributed by atoms with E-state index in [2.05, 4.69) is 21.7 Å². The van der Waals surface area contributed by atoms with Crippen molar-refractivity contribution in [1.82, 2.24) is 9.99 Å². The summed E-state index contributed by atoms with van der Waals surface area (Å²) in [6.07, 6.45) is 5.49. The smallest absolute Gasteiger partial charge is 0.271 e. The fourth-order valence-corrected chi connectivity index (χ4v) is 2.66. The SMILES string of the molecule is C=CCn1cc(/C=N\NC(=O)c2cccc(OC)c2)c2ccccc21. The lowest BCUT2D eigenvalue weighted by molar-refractivity contribution is 0.0955. The van der Waals surface area contributed by atoms with E-state index in [1.807, 2.05) is 36.5 Å². The molecule has 0 radical (unpaired) electrons. The largest absolute Gasteiger partial charge is 0.497 e. The van der Waals surface area contributed by atoms with Crippen LogP contribution in [0.1, 0.15) is 15.9 Å². The van der Waals surface area contributed by atoms with Crippen molar-refractivity contribution in [2.24, 2.45) is 5.10 Å². The summed E-state index contributed by atoms with van der Waals surface area (Å²) >= 11 is 0. The van der Waals surface area contributed by atoms with Gasteiger partial charge in [0.05, 0.1) is 13.3 Å². The third-order valence-corrected chi connectivity index (χ3v) is 3.85. The van der Waals surface area contributed by atoms with Crippen molar-refractivity contribution < 1.29 is 9.53 Å². The number of hydrogen-bond acceptors (Lipinski definition) is 3. The molecule has 0 aliphatic heterocycles. The van der Waals surface area contributed by atoms with E-state index in [0.29, 0.717) is 17.9 Å². The highest BCUT2D eigenvalue weighted by Gasteiger charge is 2.07. The van der Waals surface area contributed by atoms with E-state index in [9.17, 15) is 4.79 Å². The normalized spacial score (nSPS) is 10.9. The summed E-state index contributed by atoms with van der Waals surface area (Å²) in [4.78, 5) is 12.2. The van der Waals surface area contributed by atoms with E-state index in [-0.39, 0.29) is 5.91 Å². The molecule has 3 rings (SSSR count). The summed E-state index contributed by atoms with van der Waals surface area (Å²) in [5.41, 5.74) is 5.08. The minimum absolute atomic E-state index is 0.287. The van der Waals surface area contributed by atoms with Crippen LogP contribution >= 0.6 is 0 Å². The van der Waals surface area contributed by atoms with Gasteiger partial charge in [-0.3, -0.25) is 4.79 Å². The van der Waals surface area contributed by atoms with Crippen LogP contribution in [0, 0.1) is 0 Å². The number of hydrazone groups is 1. The number of carbonyl (C=O) groups is 1. The first kappa shape index (κ1) is 16.5. The summed E-state index contributed by atoms with van der Waals surface area (Å²) < 4.78 is 7.21. The van der Waals surface area contributed by atoms with Crippen LogP contribution < -0.4 is 10.2 Å². The number of hydrogen-bond donors (Lipinski definition) is 1. The van der Waals surface area contributed by atoms with Crippen LogP contribution in [0.4, 0.5) is 0 Å². The van der Waals surface area contributed by atoms with E-state index >= 15 is 0 Å². The highest BCUT2D eigenvalue weighted by atomic mass is 16.5. The Bertz CT molecular complexity index is 941. The summed E-state index contributed by atoms with van der Waals surface area (Å²) in [5.74, 6) is 0.342. The van der Waals surface area contributed by atoms with Gasteiger partial charge in [0, 0.05) is 34.8 Å². The second kappa shape index (κ2) is 7.49. The lowest BCUT2D eigenvalue weighted by Crippen LogP contribution is -2.17. The monoisotopic (exact) mass is 333 g/mol. The molecule has 0 aliphatic carbocycles. The van der Waals surface area contributed by atoms with Gasteiger partial charge in [-0.1, -0.05) is 30.3 Å². The highest BCUT2D eigenvalue weighted by molar-refractivity contribution is 6.00. The molecule has 0 saturated heterocycles. The molecule has 0 spiro atoms. The summed E-state index contributed by atoms with van der Waals surface area (Å²) in [7, 11) is 1.56. The van der Waals surface area contributed by atoms with E-state index in [1.165, 1.54) is 0 Å². The predicted molar refractivity (Wildman–Crippen MR) is 100 cm³/mol.